The number of para-hydroxylation sites is 1. The number of H-pyrrole nitrogens is 1. The molecule has 0 atom stereocenters. The number of hydrogen-bond donors (Lipinski definition) is 2. The van der Waals surface area contributed by atoms with Crippen LogP contribution in [0.3, 0.4) is 0 Å². The van der Waals surface area contributed by atoms with E-state index in [0.29, 0.717) is 18.1 Å². The summed E-state index contributed by atoms with van der Waals surface area (Å²) < 4.78 is 5.25. The first-order valence-electron chi connectivity index (χ1n) is 10.2. The fraction of sp³-hybridized carbons (Fsp3) is 0.409. The number of hydrogen-bond acceptors (Lipinski definition) is 5. The third-order valence-electron chi connectivity index (χ3n) is 5.56. The second-order valence-electron chi connectivity index (χ2n) is 7.43. The second-order valence-corrected chi connectivity index (χ2v) is 7.43. The van der Waals surface area contributed by atoms with E-state index in [-0.39, 0.29) is 11.9 Å². The Kier molecular flexibility index (Phi) is 5.93. The maximum absolute atomic E-state index is 12.6. The summed E-state index contributed by atoms with van der Waals surface area (Å²) in [6.07, 6.45) is 9.50. The van der Waals surface area contributed by atoms with Gasteiger partial charge in [-0.25, -0.2) is 9.97 Å². The molecule has 4 rings (SSSR count). The fourth-order valence-corrected chi connectivity index (χ4v) is 3.97. The van der Waals surface area contributed by atoms with E-state index in [4.69, 9.17) is 4.74 Å². The number of aromatic amines is 1. The van der Waals surface area contributed by atoms with Crippen molar-refractivity contribution in [2.75, 3.05) is 25.5 Å². The first-order chi connectivity index (χ1) is 14.2. The van der Waals surface area contributed by atoms with Gasteiger partial charge in [0.05, 0.1) is 7.11 Å². The standard InChI is InChI=1S/C22H27N5O2/c1-29-22-21(23-11-12-24-22)26-17-9-13-27(14-10-17)20(28)8-4-5-16-15-25-19-7-3-2-6-18(16)19/h2-3,6-7,11-12,15,17,25H,4-5,8-10,13-14H2,1H3,(H,23,26). The molecule has 1 aliphatic heterocycles. The number of nitrogens with zero attached hydrogens (tertiary/aromatic N) is 3. The molecule has 1 aromatic carbocycles. The van der Waals surface area contributed by atoms with Gasteiger partial charge < -0.3 is 19.9 Å². The third-order valence-corrected chi connectivity index (χ3v) is 5.56. The number of methoxy groups -OCH3 is 1. The normalized spacial score (nSPS) is 14.9. The SMILES string of the molecule is COc1nccnc1NC1CCN(C(=O)CCCc2c[nH]c3ccccc23)CC1. The topological polar surface area (TPSA) is 83.1 Å². The summed E-state index contributed by atoms with van der Waals surface area (Å²) in [6, 6.07) is 8.58. The van der Waals surface area contributed by atoms with Crippen molar-refractivity contribution in [3.05, 3.63) is 48.4 Å². The van der Waals surface area contributed by atoms with Crippen molar-refractivity contribution in [2.45, 2.75) is 38.1 Å². The van der Waals surface area contributed by atoms with Gasteiger partial charge in [0.25, 0.3) is 5.88 Å². The highest BCUT2D eigenvalue weighted by Gasteiger charge is 2.23. The van der Waals surface area contributed by atoms with Crippen LogP contribution in [0.5, 0.6) is 5.88 Å². The van der Waals surface area contributed by atoms with Crippen LogP contribution in [0.4, 0.5) is 5.82 Å². The molecule has 0 radical (unpaired) electrons. The van der Waals surface area contributed by atoms with Crippen LogP contribution >= 0.6 is 0 Å². The molecule has 2 aromatic heterocycles. The van der Waals surface area contributed by atoms with Gasteiger partial charge in [-0.2, -0.15) is 0 Å². The largest absolute Gasteiger partial charge is 0.478 e. The van der Waals surface area contributed by atoms with Crippen molar-refractivity contribution < 1.29 is 9.53 Å². The Morgan fingerprint density at radius 2 is 2.03 bits per heavy atom. The number of benzene rings is 1. The van der Waals surface area contributed by atoms with Crippen LogP contribution in [0, 0.1) is 0 Å². The van der Waals surface area contributed by atoms with Gasteiger partial charge in [0, 0.05) is 55.0 Å². The van der Waals surface area contributed by atoms with Crippen LogP contribution in [-0.4, -0.2) is 52.0 Å². The molecule has 1 amide bonds. The van der Waals surface area contributed by atoms with Crippen molar-refractivity contribution >= 4 is 22.6 Å². The zero-order chi connectivity index (χ0) is 20.1. The average molecular weight is 393 g/mol. The van der Waals surface area contributed by atoms with Gasteiger partial charge in [-0.3, -0.25) is 4.79 Å². The predicted octanol–water partition coefficient (Wildman–Crippen LogP) is 3.39. The highest BCUT2D eigenvalue weighted by Crippen LogP contribution is 2.23. The Bertz CT molecular complexity index is 963. The summed E-state index contributed by atoms with van der Waals surface area (Å²) in [5.41, 5.74) is 2.44. The lowest BCUT2D eigenvalue weighted by Crippen LogP contribution is -2.42. The smallest absolute Gasteiger partial charge is 0.257 e. The molecule has 1 fully saturated rings. The summed E-state index contributed by atoms with van der Waals surface area (Å²) in [6.45, 7) is 1.54. The van der Waals surface area contributed by atoms with Crippen molar-refractivity contribution in [1.29, 1.82) is 0 Å². The number of fused-ring (bicyclic) bond motifs is 1. The van der Waals surface area contributed by atoms with Crippen LogP contribution in [-0.2, 0) is 11.2 Å². The Hall–Kier alpha value is -3.09. The van der Waals surface area contributed by atoms with Crippen LogP contribution in [0.2, 0.25) is 0 Å². The van der Waals surface area contributed by atoms with Crippen molar-refractivity contribution in [3.8, 4) is 5.88 Å². The summed E-state index contributed by atoms with van der Waals surface area (Å²) in [7, 11) is 1.59. The van der Waals surface area contributed by atoms with Gasteiger partial charge >= 0.3 is 0 Å². The zero-order valence-electron chi connectivity index (χ0n) is 16.7. The lowest BCUT2D eigenvalue weighted by molar-refractivity contribution is -0.132. The summed E-state index contributed by atoms with van der Waals surface area (Å²) in [5, 5.41) is 4.65. The van der Waals surface area contributed by atoms with Gasteiger partial charge in [-0.15, -0.1) is 0 Å². The highest BCUT2D eigenvalue weighted by atomic mass is 16.5. The van der Waals surface area contributed by atoms with E-state index in [1.165, 1.54) is 10.9 Å². The summed E-state index contributed by atoms with van der Waals surface area (Å²) in [5.74, 6) is 1.42. The highest BCUT2D eigenvalue weighted by molar-refractivity contribution is 5.83. The first-order valence-corrected chi connectivity index (χ1v) is 10.2. The minimum atomic E-state index is 0.250. The van der Waals surface area contributed by atoms with E-state index in [2.05, 4.69) is 44.7 Å². The molecule has 1 saturated heterocycles. The Balaban J connectivity index is 1.23. The maximum Gasteiger partial charge on any atom is 0.257 e. The second kappa shape index (κ2) is 8.94. The monoisotopic (exact) mass is 393 g/mol. The molecular formula is C22H27N5O2. The summed E-state index contributed by atoms with van der Waals surface area (Å²) >= 11 is 0. The number of carbonyl (C=O) groups is 1. The molecule has 0 bridgehead atoms. The minimum absolute atomic E-state index is 0.250. The molecule has 3 aromatic rings. The quantitative estimate of drug-likeness (QED) is 0.643. The molecule has 0 aliphatic carbocycles. The van der Waals surface area contributed by atoms with Gasteiger partial charge in [-0.1, -0.05) is 18.2 Å². The molecule has 2 N–H and O–H groups in total. The van der Waals surface area contributed by atoms with E-state index >= 15 is 0 Å². The number of ether oxygens (including phenoxy) is 1. The molecule has 3 heterocycles. The fourth-order valence-electron chi connectivity index (χ4n) is 3.97. The number of rotatable bonds is 7. The molecule has 7 heteroatoms. The van der Waals surface area contributed by atoms with E-state index in [1.54, 1.807) is 19.5 Å². The van der Waals surface area contributed by atoms with Gasteiger partial charge in [0.1, 0.15) is 0 Å². The number of aromatic nitrogens is 3. The number of amides is 1. The van der Waals surface area contributed by atoms with Crippen LogP contribution < -0.4 is 10.1 Å². The van der Waals surface area contributed by atoms with E-state index < -0.39 is 0 Å². The molecule has 0 unspecified atom stereocenters. The molecule has 29 heavy (non-hydrogen) atoms. The third kappa shape index (κ3) is 4.50. The summed E-state index contributed by atoms with van der Waals surface area (Å²) in [4.78, 5) is 26.4. The number of aryl methyl sites for hydroxylation is 1. The Morgan fingerprint density at radius 3 is 2.86 bits per heavy atom. The maximum atomic E-state index is 12.6. The van der Waals surface area contributed by atoms with E-state index in [0.717, 1.165) is 44.3 Å². The Morgan fingerprint density at radius 1 is 1.24 bits per heavy atom. The van der Waals surface area contributed by atoms with Crippen molar-refractivity contribution in [3.63, 3.8) is 0 Å². The molecule has 1 aliphatic rings. The molecule has 0 saturated carbocycles. The molecule has 7 nitrogen and oxygen atoms in total. The zero-order valence-corrected chi connectivity index (χ0v) is 16.7. The van der Waals surface area contributed by atoms with Crippen molar-refractivity contribution in [2.24, 2.45) is 0 Å². The van der Waals surface area contributed by atoms with Gasteiger partial charge in [0.15, 0.2) is 5.82 Å². The minimum Gasteiger partial charge on any atom is -0.478 e. The van der Waals surface area contributed by atoms with Gasteiger partial charge in [0.2, 0.25) is 5.91 Å². The van der Waals surface area contributed by atoms with Gasteiger partial charge in [-0.05, 0) is 37.3 Å². The number of nitrogens with one attached hydrogen (secondary N) is 2. The molecule has 152 valence electrons. The number of likely N-dealkylation sites (tertiary alicyclic amines) is 1. The van der Waals surface area contributed by atoms with E-state index in [9.17, 15) is 4.79 Å². The number of piperidine rings is 1. The lowest BCUT2D eigenvalue weighted by atomic mass is 10.0. The first kappa shape index (κ1) is 19.2. The van der Waals surface area contributed by atoms with E-state index in [1.807, 2.05) is 11.0 Å². The molecule has 0 spiro atoms. The van der Waals surface area contributed by atoms with Crippen LogP contribution in [0.1, 0.15) is 31.2 Å². The predicted molar refractivity (Wildman–Crippen MR) is 113 cm³/mol. The average Bonchev–Trinajstić information content (AvgIpc) is 3.18. The number of carbonyl (C=O) groups excluding carboxylic acids is 1. The Labute approximate surface area is 170 Å². The number of anilines is 1. The van der Waals surface area contributed by atoms with Crippen molar-refractivity contribution in [1.82, 2.24) is 19.9 Å². The lowest BCUT2D eigenvalue weighted by Gasteiger charge is -2.32. The van der Waals surface area contributed by atoms with Crippen LogP contribution in [0.15, 0.2) is 42.9 Å². The van der Waals surface area contributed by atoms with Crippen LogP contribution in [0.25, 0.3) is 10.9 Å². The molecular weight excluding hydrogens is 366 g/mol.